The van der Waals surface area contributed by atoms with Gasteiger partial charge in [0.05, 0.1) is 39.1 Å². The third-order valence-corrected chi connectivity index (χ3v) is 26.3. The first kappa shape index (κ1) is 72.9. The minimum Gasteiger partial charge on any atom is -0.459 e. The Kier molecular flexibility index (Phi) is 16.5. The predicted molar refractivity (Wildman–Crippen MR) is 516 cm³/mol. The molecule has 122 heavy (non-hydrogen) atoms. The molecule has 582 valence electrons. The molecule has 0 bridgehead atoms. The highest BCUT2D eigenvalue weighted by Crippen LogP contribution is 2.57. The maximum Gasteiger partial charge on any atom is 0.260 e. The fourth-order valence-electron chi connectivity index (χ4n) is 20.4. The molecule has 0 saturated heterocycles. The molecule has 0 radical (unpaired) electrons. The summed E-state index contributed by atoms with van der Waals surface area (Å²) in [6.45, 7) is 20.1. The number of anilines is 6. The lowest BCUT2D eigenvalue weighted by molar-refractivity contribution is 0.467. The summed E-state index contributed by atoms with van der Waals surface area (Å²) in [5.41, 5.74) is 35.7. The van der Waals surface area contributed by atoms with Crippen molar-refractivity contribution < 1.29 is 9.47 Å². The van der Waals surface area contributed by atoms with E-state index in [0.717, 1.165) is 185 Å². The van der Waals surface area contributed by atoms with Gasteiger partial charge in [0, 0.05) is 95.4 Å². The highest BCUT2D eigenvalue weighted by Gasteiger charge is 2.52. The van der Waals surface area contributed by atoms with Gasteiger partial charge in [-0.3, -0.25) is 0 Å². The van der Waals surface area contributed by atoms with E-state index in [9.17, 15) is 0 Å². The summed E-state index contributed by atoms with van der Waals surface area (Å²) in [7, 11) is 0. The van der Waals surface area contributed by atoms with Crippen molar-refractivity contribution >= 4 is 124 Å². The molecular weight excluding hydrogens is 1480 g/mol. The van der Waals surface area contributed by atoms with Crippen molar-refractivity contribution in [3.63, 3.8) is 0 Å². The smallest absolute Gasteiger partial charge is 0.260 e. The Labute approximate surface area is 714 Å². The second kappa shape index (κ2) is 27.6. The van der Waals surface area contributed by atoms with Gasteiger partial charge in [-0.2, -0.15) is 0 Å². The van der Waals surface area contributed by atoms with Gasteiger partial charge in [-0.15, -0.1) is 0 Å². The van der Waals surface area contributed by atoms with Crippen LogP contribution in [0.1, 0.15) is 79.0 Å². The minimum atomic E-state index is -0.463. The first-order valence-corrected chi connectivity index (χ1v) is 42.9. The van der Waals surface area contributed by atoms with Crippen LogP contribution in [0.15, 0.2) is 370 Å². The Morgan fingerprint density at radius 2 is 0.631 bits per heavy atom. The Morgan fingerprint density at radius 3 is 1.11 bits per heavy atom. The van der Waals surface area contributed by atoms with Gasteiger partial charge in [-0.05, 0) is 154 Å². The van der Waals surface area contributed by atoms with Crippen molar-refractivity contribution in [1.29, 1.82) is 0 Å². The van der Waals surface area contributed by atoms with E-state index in [1.54, 1.807) is 0 Å². The molecule has 0 amide bonds. The second-order valence-corrected chi connectivity index (χ2v) is 36.6. The number of para-hydroxylation sites is 6. The molecule has 6 nitrogen and oxygen atoms in total. The maximum absolute atomic E-state index is 8.50. The van der Waals surface area contributed by atoms with Crippen LogP contribution in [0.5, 0.6) is 23.0 Å². The van der Waals surface area contributed by atoms with Gasteiger partial charge in [-0.25, -0.2) is 0 Å². The number of hydrogen-bond donors (Lipinski definition) is 0. The summed E-state index contributed by atoms with van der Waals surface area (Å²) in [6.07, 6.45) is 0. The molecule has 0 atom stereocenters. The van der Waals surface area contributed by atoms with Gasteiger partial charge in [-0.1, -0.05) is 366 Å². The standard InChI is InChI=1S/C114H88B2N4O2/c1-112(2,3)78-57-52-74(53-58-78)84-46-31-47-85(75-54-59-79(60-55-75)113(4,5)6)108(84)119-98-66-77(71-32-14-10-15-33-71)56-62-90(98)116-105-99(119)67-80(114(7,8)9)68-100(105)120(109-82(72-34-16-11-17-35-72)44-30-45-83(109)73-36-18-12-19-37-73)101-70-103-107-111(106(101)116)121-102-69-81(117-93-48-26-22-40-86(93)87-41-23-27-49-94(87)117)61-63-91(102)115(107)92-64-65-97(104(110(92)122-103)76-38-20-13-21-39-76)118-95-50-28-24-42-88(95)89-43-25-29-51-96(89)118/h10-70H,1-9H3. The SMILES string of the molecule is CC(C)(C)c1ccc(-c2cccc(-c3ccc(C(C)(C)C)cc3)c2N2c3cc(-c4ccccc4)ccc3B3c4c2cc(C(C)(C)C)cc4N(c2c(-c4ccccc4)cccc2-c2ccccc2)c2cc4c5c(c23)Oc2cc(-n3c6ccccc6c6ccccc63)ccc2B5c2ccc(-n3c5ccccc5c5ccccc53)c(-c3ccccc3)c2O4)cc1. The quantitative estimate of drug-likeness (QED) is 0.128. The minimum absolute atomic E-state index is 0.0711. The summed E-state index contributed by atoms with van der Waals surface area (Å²) in [5, 5.41) is 4.76. The number of hydrogen-bond acceptors (Lipinski definition) is 4. The van der Waals surface area contributed by atoms with Gasteiger partial charge < -0.3 is 28.4 Å². The van der Waals surface area contributed by atoms with Crippen LogP contribution < -0.4 is 52.1 Å². The molecule has 0 unspecified atom stereocenters. The topological polar surface area (TPSA) is 34.8 Å². The Hall–Kier alpha value is -14.3. The van der Waals surface area contributed by atoms with Gasteiger partial charge in [0.15, 0.2) is 0 Å². The maximum atomic E-state index is 8.50. The lowest BCUT2D eigenvalue weighted by atomic mass is 9.30. The fraction of sp³-hybridized carbons (Fsp3) is 0.105. The summed E-state index contributed by atoms with van der Waals surface area (Å²) in [4.78, 5) is 5.37. The van der Waals surface area contributed by atoms with Gasteiger partial charge in [0.2, 0.25) is 0 Å². The molecule has 17 aromatic carbocycles. The lowest BCUT2D eigenvalue weighted by Gasteiger charge is -2.48. The van der Waals surface area contributed by atoms with E-state index in [2.05, 4.69) is 451 Å². The summed E-state index contributed by atoms with van der Waals surface area (Å²) >= 11 is 0. The second-order valence-electron chi connectivity index (χ2n) is 36.6. The number of ether oxygens (including phenoxy) is 2. The van der Waals surface area contributed by atoms with Gasteiger partial charge >= 0.3 is 0 Å². The van der Waals surface area contributed by atoms with Crippen molar-refractivity contribution in [2.45, 2.75) is 78.6 Å². The first-order chi connectivity index (χ1) is 59.5. The van der Waals surface area contributed by atoms with Gasteiger partial charge in [0.1, 0.15) is 23.0 Å². The highest BCUT2D eigenvalue weighted by atomic mass is 16.5. The third kappa shape index (κ3) is 11.4. The largest absolute Gasteiger partial charge is 0.459 e. The number of fused-ring (bicyclic) bond motifs is 15. The van der Waals surface area contributed by atoms with Crippen molar-refractivity contribution in [3.8, 4) is 101 Å². The van der Waals surface area contributed by atoms with E-state index in [-0.39, 0.29) is 10.8 Å². The molecule has 23 rings (SSSR count). The molecule has 2 aromatic heterocycles. The molecule has 0 aliphatic carbocycles. The van der Waals surface area contributed by atoms with Crippen LogP contribution in [-0.2, 0) is 16.2 Å². The van der Waals surface area contributed by atoms with E-state index >= 15 is 0 Å². The van der Waals surface area contributed by atoms with E-state index in [1.165, 1.54) is 43.7 Å². The van der Waals surface area contributed by atoms with Crippen LogP contribution in [0.2, 0.25) is 0 Å². The molecule has 4 aliphatic rings. The number of rotatable bonds is 10. The average molecular weight is 1570 g/mol. The van der Waals surface area contributed by atoms with Crippen molar-refractivity contribution in [3.05, 3.63) is 387 Å². The van der Waals surface area contributed by atoms with Crippen molar-refractivity contribution in [2.75, 3.05) is 9.80 Å². The number of nitrogens with zero attached hydrogens (tertiary/aromatic N) is 4. The summed E-state index contributed by atoms with van der Waals surface area (Å²) < 4.78 is 21.8. The summed E-state index contributed by atoms with van der Waals surface area (Å²) in [5.74, 6) is 3.09. The van der Waals surface area contributed by atoms with Crippen LogP contribution in [0.4, 0.5) is 34.1 Å². The molecule has 0 fully saturated rings. The molecule has 0 saturated carbocycles. The summed E-state index contributed by atoms with van der Waals surface area (Å²) in [6, 6.07) is 139. The van der Waals surface area contributed by atoms with Crippen LogP contribution in [0.25, 0.3) is 122 Å². The highest BCUT2D eigenvalue weighted by molar-refractivity contribution is 7.03. The van der Waals surface area contributed by atoms with E-state index in [1.807, 2.05) is 0 Å². The fourth-order valence-corrected chi connectivity index (χ4v) is 20.4. The van der Waals surface area contributed by atoms with Crippen molar-refractivity contribution in [1.82, 2.24) is 9.13 Å². The molecule has 0 spiro atoms. The number of aromatic nitrogens is 2. The van der Waals surface area contributed by atoms with Crippen LogP contribution in [0.3, 0.4) is 0 Å². The van der Waals surface area contributed by atoms with Gasteiger partial charge in [0.25, 0.3) is 13.4 Å². The van der Waals surface area contributed by atoms with E-state index in [0.29, 0.717) is 0 Å². The van der Waals surface area contributed by atoms with Crippen LogP contribution >= 0.6 is 0 Å². The lowest BCUT2D eigenvalue weighted by Crippen LogP contribution is -2.65. The van der Waals surface area contributed by atoms with E-state index in [4.69, 9.17) is 9.47 Å². The molecular formula is C114H88B2N4O2. The third-order valence-electron chi connectivity index (χ3n) is 26.3. The number of benzene rings is 17. The first-order valence-electron chi connectivity index (χ1n) is 42.9. The monoisotopic (exact) mass is 1570 g/mol. The zero-order valence-corrected chi connectivity index (χ0v) is 70.0. The normalized spacial score (nSPS) is 13.2. The zero-order chi connectivity index (χ0) is 82.2. The van der Waals surface area contributed by atoms with E-state index < -0.39 is 18.8 Å². The molecule has 6 heterocycles. The van der Waals surface area contributed by atoms with Crippen LogP contribution in [-0.4, -0.2) is 22.6 Å². The zero-order valence-electron chi connectivity index (χ0n) is 70.0. The Bertz CT molecular complexity index is 7260. The Balaban J connectivity index is 0.885. The van der Waals surface area contributed by atoms with Crippen LogP contribution in [0, 0.1) is 0 Å². The molecule has 19 aromatic rings. The predicted octanol–water partition coefficient (Wildman–Crippen LogP) is 26.6. The average Bonchev–Trinajstić information content (AvgIpc) is 0.872. The van der Waals surface area contributed by atoms with Crippen molar-refractivity contribution in [2.24, 2.45) is 0 Å². The molecule has 8 heteroatoms. The Morgan fingerprint density at radius 1 is 0.238 bits per heavy atom. The molecule has 4 aliphatic heterocycles. The molecule has 0 N–H and O–H groups in total.